The lowest BCUT2D eigenvalue weighted by atomic mass is 9.52. The van der Waals surface area contributed by atoms with Gasteiger partial charge in [-0.3, -0.25) is 0 Å². The maximum atomic E-state index is 15.0. The topological polar surface area (TPSA) is 35.5 Å². The summed E-state index contributed by atoms with van der Waals surface area (Å²) in [5.74, 6) is 1.11. The van der Waals surface area contributed by atoms with Crippen molar-refractivity contribution in [2.45, 2.75) is 110 Å². The van der Waals surface area contributed by atoms with E-state index in [4.69, 9.17) is 9.16 Å². The average Bonchev–Trinajstić information content (AvgIpc) is 3.09. The highest BCUT2D eigenvalue weighted by Gasteiger charge is 2.55. The molecule has 0 radical (unpaired) electrons. The summed E-state index contributed by atoms with van der Waals surface area (Å²) in [6, 6.07) is 0. The third kappa shape index (κ3) is 4.42. The highest BCUT2D eigenvalue weighted by Crippen LogP contribution is 2.63. The third-order valence-electron chi connectivity index (χ3n) is 10.2. The summed E-state index contributed by atoms with van der Waals surface area (Å²) < 4.78 is 26.8. The van der Waals surface area contributed by atoms with Crippen LogP contribution >= 0.6 is 0 Å². The Hall–Kier alpha value is -0.943. The quantitative estimate of drug-likeness (QED) is 0.180. The van der Waals surface area contributed by atoms with Crippen molar-refractivity contribution in [3.05, 3.63) is 23.0 Å². The Kier molecular flexibility index (Phi) is 6.81. The molecule has 0 aromatic rings. The molecule has 33 heavy (non-hydrogen) atoms. The van der Waals surface area contributed by atoms with Crippen LogP contribution in [0.3, 0.4) is 0 Å². The fourth-order valence-electron chi connectivity index (χ4n) is 7.42. The molecule has 4 aliphatic rings. The zero-order valence-corrected chi connectivity index (χ0v) is 22.9. The highest BCUT2D eigenvalue weighted by molar-refractivity contribution is 6.74. The van der Waals surface area contributed by atoms with Crippen molar-refractivity contribution in [3.63, 3.8) is 0 Å². The van der Waals surface area contributed by atoms with Gasteiger partial charge in [-0.25, -0.2) is 4.79 Å². The molecule has 0 unspecified atom stereocenters. The molecule has 6 atom stereocenters. The number of carbonyl (C=O) groups excluding carboxylic acids is 1. The second kappa shape index (κ2) is 8.93. The first kappa shape index (κ1) is 25.2. The van der Waals surface area contributed by atoms with E-state index in [0.29, 0.717) is 36.2 Å². The number of hydrogen-bond acceptors (Lipinski definition) is 3. The van der Waals surface area contributed by atoms with Gasteiger partial charge in [0.25, 0.3) is 0 Å². The summed E-state index contributed by atoms with van der Waals surface area (Å²) in [5.41, 5.74) is 2.19. The molecule has 0 amide bonds. The molecular formula is C28H45FO3Si. The molecule has 0 spiro atoms. The van der Waals surface area contributed by atoms with E-state index in [1.165, 1.54) is 12.8 Å². The molecule has 3 fully saturated rings. The molecule has 0 aromatic heterocycles. The summed E-state index contributed by atoms with van der Waals surface area (Å²) in [6.07, 6.45) is 11.4. The van der Waals surface area contributed by atoms with Crippen LogP contribution in [0.4, 0.5) is 4.39 Å². The predicted molar refractivity (Wildman–Crippen MR) is 134 cm³/mol. The van der Waals surface area contributed by atoms with Gasteiger partial charge in [0.15, 0.2) is 8.32 Å². The van der Waals surface area contributed by atoms with E-state index in [1.54, 1.807) is 12.5 Å². The van der Waals surface area contributed by atoms with Crippen LogP contribution < -0.4 is 0 Å². The van der Waals surface area contributed by atoms with Crippen LogP contribution in [0.5, 0.6) is 0 Å². The van der Waals surface area contributed by atoms with Gasteiger partial charge in [0.05, 0.1) is 6.61 Å². The Morgan fingerprint density at radius 2 is 1.91 bits per heavy atom. The van der Waals surface area contributed by atoms with Crippen LogP contribution in [-0.4, -0.2) is 27.0 Å². The number of halogens is 1. The van der Waals surface area contributed by atoms with Gasteiger partial charge in [0.1, 0.15) is 0 Å². The van der Waals surface area contributed by atoms with Gasteiger partial charge in [0, 0.05) is 6.10 Å². The molecule has 0 bridgehead atoms. The number of rotatable bonds is 4. The fourth-order valence-corrected chi connectivity index (χ4v) is 8.81. The van der Waals surface area contributed by atoms with Gasteiger partial charge >= 0.3 is 5.97 Å². The Morgan fingerprint density at radius 3 is 2.58 bits per heavy atom. The molecule has 3 nitrogen and oxygen atoms in total. The van der Waals surface area contributed by atoms with Crippen molar-refractivity contribution in [1.29, 1.82) is 0 Å². The molecule has 4 aliphatic carbocycles. The average molecular weight is 477 g/mol. The van der Waals surface area contributed by atoms with Crippen LogP contribution in [-0.2, 0) is 14.0 Å². The van der Waals surface area contributed by atoms with Gasteiger partial charge < -0.3 is 9.16 Å². The Bertz CT molecular complexity index is 839. The minimum Gasteiger partial charge on any atom is -0.461 e. The minimum absolute atomic E-state index is 0.188. The number of hydrogen-bond donors (Lipinski definition) is 0. The molecule has 0 aliphatic heterocycles. The van der Waals surface area contributed by atoms with Crippen molar-refractivity contribution in [1.82, 2.24) is 0 Å². The first-order chi connectivity index (χ1) is 15.4. The SMILES string of the molecule is CCOC(=O)C(F)=C1CC[C@H]2[C@@H]3CC=C4C[C@@H](O[Si](C)(C)C(C)(C)C)CC[C@@H]4[C@H]3CC[C@]12C. The van der Waals surface area contributed by atoms with Crippen molar-refractivity contribution < 1.29 is 18.3 Å². The molecule has 5 heteroatoms. The van der Waals surface area contributed by atoms with Crippen LogP contribution in [0.25, 0.3) is 0 Å². The Labute approximate surface area is 201 Å². The summed E-state index contributed by atoms with van der Waals surface area (Å²) in [7, 11) is -1.75. The molecule has 0 saturated heterocycles. The van der Waals surface area contributed by atoms with Gasteiger partial charge in [-0.15, -0.1) is 0 Å². The summed E-state index contributed by atoms with van der Waals surface area (Å²) in [5, 5.41) is 0.246. The lowest BCUT2D eigenvalue weighted by Gasteiger charge is -2.53. The molecule has 4 rings (SSSR count). The van der Waals surface area contributed by atoms with Crippen molar-refractivity contribution >= 4 is 14.3 Å². The van der Waals surface area contributed by atoms with Crippen LogP contribution in [0, 0.1) is 29.1 Å². The fraction of sp³-hybridized carbons (Fsp3) is 0.821. The van der Waals surface area contributed by atoms with E-state index < -0.39 is 20.1 Å². The molecule has 0 N–H and O–H groups in total. The van der Waals surface area contributed by atoms with Gasteiger partial charge in [-0.05, 0) is 111 Å². The van der Waals surface area contributed by atoms with Gasteiger partial charge in [-0.1, -0.05) is 39.3 Å². The molecule has 0 aromatic carbocycles. The number of carbonyl (C=O) groups is 1. The van der Waals surface area contributed by atoms with Gasteiger partial charge in [-0.2, -0.15) is 4.39 Å². The van der Waals surface area contributed by atoms with Crippen LogP contribution in [0.15, 0.2) is 23.0 Å². The van der Waals surface area contributed by atoms with E-state index in [1.807, 2.05) is 0 Å². The van der Waals surface area contributed by atoms with Gasteiger partial charge in [0.2, 0.25) is 5.83 Å². The zero-order chi connectivity index (χ0) is 24.2. The molecule has 3 saturated carbocycles. The van der Waals surface area contributed by atoms with Crippen LogP contribution in [0.1, 0.15) is 86.0 Å². The third-order valence-corrected chi connectivity index (χ3v) is 14.7. The van der Waals surface area contributed by atoms with E-state index in [-0.39, 0.29) is 17.1 Å². The largest absolute Gasteiger partial charge is 0.461 e. The molecular weight excluding hydrogens is 431 g/mol. The molecule has 0 heterocycles. The van der Waals surface area contributed by atoms with E-state index in [2.05, 4.69) is 46.9 Å². The first-order valence-electron chi connectivity index (χ1n) is 13.3. The molecule has 186 valence electrons. The first-order valence-corrected chi connectivity index (χ1v) is 16.2. The van der Waals surface area contributed by atoms with E-state index in [9.17, 15) is 4.79 Å². The number of esters is 1. The second-order valence-electron chi connectivity index (χ2n) is 12.8. The summed E-state index contributed by atoms with van der Waals surface area (Å²) in [4.78, 5) is 12.1. The normalized spacial score (nSPS) is 38.1. The smallest absolute Gasteiger partial charge is 0.367 e. The van der Waals surface area contributed by atoms with Crippen LogP contribution in [0.2, 0.25) is 18.1 Å². The zero-order valence-electron chi connectivity index (χ0n) is 21.9. The number of fused-ring (bicyclic) bond motifs is 5. The maximum absolute atomic E-state index is 15.0. The minimum atomic E-state index is -1.75. The maximum Gasteiger partial charge on any atom is 0.367 e. The Balaban J connectivity index is 1.50. The highest BCUT2D eigenvalue weighted by atomic mass is 28.4. The summed E-state index contributed by atoms with van der Waals surface area (Å²) in [6.45, 7) is 15.9. The standard InChI is InChI=1S/C28H45FO3Si/c1-8-31-26(30)25(29)24-14-13-23-22-11-9-18-17-19(32-33(6,7)27(2,3)4)10-12-20(18)21(22)15-16-28(23,24)5/h9,19-23H,8,10-17H2,1-7H3/t19-,20-,21+,22+,23-,28-/m0/s1. The van der Waals surface area contributed by atoms with Crippen molar-refractivity contribution in [2.75, 3.05) is 6.61 Å². The van der Waals surface area contributed by atoms with Crippen molar-refractivity contribution in [2.24, 2.45) is 29.1 Å². The number of ether oxygens (including phenoxy) is 1. The Morgan fingerprint density at radius 1 is 1.18 bits per heavy atom. The van der Waals surface area contributed by atoms with E-state index in [0.717, 1.165) is 37.7 Å². The lowest BCUT2D eigenvalue weighted by molar-refractivity contribution is -0.140. The van der Waals surface area contributed by atoms with E-state index >= 15 is 4.39 Å². The number of allylic oxidation sites excluding steroid dienone is 2. The monoisotopic (exact) mass is 476 g/mol. The van der Waals surface area contributed by atoms with Crippen molar-refractivity contribution in [3.8, 4) is 0 Å². The second-order valence-corrected chi connectivity index (χ2v) is 17.6. The summed E-state index contributed by atoms with van der Waals surface area (Å²) >= 11 is 0. The lowest BCUT2D eigenvalue weighted by Crippen LogP contribution is -2.47. The predicted octanol–water partition coefficient (Wildman–Crippen LogP) is 7.74.